The van der Waals surface area contributed by atoms with Crippen LogP contribution in [0, 0.1) is 0 Å². The zero-order valence-corrected chi connectivity index (χ0v) is 14.9. The van der Waals surface area contributed by atoms with Crippen LogP contribution in [0.3, 0.4) is 0 Å². The molecule has 0 saturated heterocycles. The molecule has 1 aromatic rings. The Kier molecular flexibility index (Phi) is 4.76. The summed E-state index contributed by atoms with van der Waals surface area (Å²) in [5.41, 5.74) is 3.51. The van der Waals surface area contributed by atoms with Gasteiger partial charge < -0.3 is 4.74 Å². The molecule has 1 atom stereocenters. The molecule has 1 heterocycles. The zero-order valence-electron chi connectivity index (χ0n) is 14.1. The Morgan fingerprint density at radius 1 is 1.29 bits per heavy atom. The summed E-state index contributed by atoms with van der Waals surface area (Å²) in [5, 5.41) is 0. The third-order valence-electron chi connectivity index (χ3n) is 4.16. The molecule has 1 aromatic carbocycles. The van der Waals surface area contributed by atoms with E-state index >= 15 is 0 Å². The molecule has 3 rings (SSSR count). The van der Waals surface area contributed by atoms with E-state index in [4.69, 9.17) is 4.74 Å². The van der Waals surface area contributed by atoms with Crippen molar-refractivity contribution in [2.24, 2.45) is 0 Å². The van der Waals surface area contributed by atoms with Gasteiger partial charge in [0.2, 0.25) is 5.78 Å². The fraction of sp³-hybridized carbons (Fsp3) is 0.300. The monoisotopic (exact) mass is 340 g/mol. The van der Waals surface area contributed by atoms with Gasteiger partial charge in [-0.15, -0.1) is 11.8 Å². The van der Waals surface area contributed by atoms with Crippen molar-refractivity contribution in [1.82, 2.24) is 0 Å². The second-order valence-electron chi connectivity index (χ2n) is 6.01. The van der Waals surface area contributed by atoms with Crippen LogP contribution in [0.2, 0.25) is 0 Å². The standard InChI is InChI=1S/C20H20O3S/c1-4-5-6-7-12(2)14-8-9-15-16(10-14)20-19(18(22)17(15)21)23-13(3)11-24-20/h4-5,7-10,13H,6,11H2,1-3H3/b5-4-,12-7+. The summed E-state index contributed by atoms with van der Waals surface area (Å²) in [6.07, 6.45) is 7.09. The van der Waals surface area contributed by atoms with E-state index in [-0.39, 0.29) is 11.9 Å². The Morgan fingerprint density at radius 2 is 2.08 bits per heavy atom. The molecule has 0 N–H and O–H groups in total. The largest absolute Gasteiger partial charge is 0.484 e. The normalized spacial score (nSPS) is 21.0. The number of ketones is 2. The van der Waals surface area contributed by atoms with E-state index in [1.165, 1.54) is 0 Å². The van der Waals surface area contributed by atoms with Gasteiger partial charge in [0.25, 0.3) is 5.78 Å². The quantitative estimate of drug-likeness (QED) is 0.594. The van der Waals surface area contributed by atoms with Gasteiger partial charge in [0.1, 0.15) is 6.10 Å². The molecule has 124 valence electrons. The number of carbonyl (C=O) groups excluding carboxylic acids is 2. The highest BCUT2D eigenvalue weighted by molar-refractivity contribution is 8.08. The van der Waals surface area contributed by atoms with E-state index < -0.39 is 11.6 Å². The van der Waals surface area contributed by atoms with E-state index in [0.29, 0.717) is 5.56 Å². The van der Waals surface area contributed by atoms with Crippen molar-refractivity contribution < 1.29 is 14.3 Å². The van der Waals surface area contributed by atoms with Gasteiger partial charge in [-0.25, -0.2) is 0 Å². The molecule has 4 heteroatoms. The van der Waals surface area contributed by atoms with Gasteiger partial charge in [-0.1, -0.05) is 24.3 Å². The summed E-state index contributed by atoms with van der Waals surface area (Å²) >= 11 is 1.60. The summed E-state index contributed by atoms with van der Waals surface area (Å²) < 4.78 is 5.67. The van der Waals surface area contributed by atoms with Gasteiger partial charge in [0.15, 0.2) is 5.76 Å². The van der Waals surface area contributed by atoms with Crippen LogP contribution in [-0.2, 0) is 9.53 Å². The molecule has 24 heavy (non-hydrogen) atoms. The van der Waals surface area contributed by atoms with Crippen molar-refractivity contribution in [2.45, 2.75) is 33.3 Å². The fourth-order valence-electron chi connectivity index (χ4n) is 2.81. The number of benzene rings is 1. The number of allylic oxidation sites excluding steroid dienone is 5. The maximum Gasteiger partial charge on any atom is 0.269 e. The van der Waals surface area contributed by atoms with Crippen molar-refractivity contribution >= 4 is 33.8 Å². The average Bonchev–Trinajstić information content (AvgIpc) is 2.59. The van der Waals surface area contributed by atoms with Crippen molar-refractivity contribution in [2.75, 3.05) is 5.75 Å². The van der Waals surface area contributed by atoms with Gasteiger partial charge in [0, 0.05) is 16.9 Å². The molecule has 0 aromatic heterocycles. The first-order valence-corrected chi connectivity index (χ1v) is 9.07. The topological polar surface area (TPSA) is 43.4 Å². The van der Waals surface area contributed by atoms with E-state index in [1.54, 1.807) is 17.8 Å². The molecule has 1 aliphatic carbocycles. The Balaban J connectivity index is 2.06. The zero-order chi connectivity index (χ0) is 17.3. The minimum atomic E-state index is -0.523. The highest BCUT2D eigenvalue weighted by Crippen LogP contribution is 2.42. The van der Waals surface area contributed by atoms with Gasteiger partial charge in [-0.3, -0.25) is 9.59 Å². The first-order chi connectivity index (χ1) is 11.5. The number of ether oxygens (including phenoxy) is 1. The molecule has 0 radical (unpaired) electrons. The number of rotatable bonds is 3. The molecule has 0 amide bonds. The van der Waals surface area contributed by atoms with Gasteiger partial charge in [-0.05, 0) is 50.5 Å². The molecule has 3 nitrogen and oxygen atoms in total. The van der Waals surface area contributed by atoms with Crippen LogP contribution in [-0.4, -0.2) is 23.4 Å². The van der Waals surface area contributed by atoms with Crippen LogP contribution >= 0.6 is 11.8 Å². The minimum Gasteiger partial charge on any atom is -0.484 e. The first-order valence-electron chi connectivity index (χ1n) is 8.08. The number of hydrogen-bond donors (Lipinski definition) is 0. The van der Waals surface area contributed by atoms with E-state index in [2.05, 4.69) is 19.1 Å². The first kappa shape index (κ1) is 16.8. The van der Waals surface area contributed by atoms with Crippen LogP contribution in [0.1, 0.15) is 48.7 Å². The van der Waals surface area contributed by atoms with Crippen molar-refractivity contribution in [3.63, 3.8) is 0 Å². The summed E-state index contributed by atoms with van der Waals surface area (Å²) in [4.78, 5) is 25.5. The Labute approximate surface area is 146 Å². The summed E-state index contributed by atoms with van der Waals surface area (Å²) in [6, 6.07) is 5.68. The lowest BCUT2D eigenvalue weighted by atomic mass is 9.90. The van der Waals surface area contributed by atoms with Crippen molar-refractivity contribution in [3.05, 3.63) is 58.9 Å². The number of carbonyl (C=O) groups is 2. The van der Waals surface area contributed by atoms with Gasteiger partial charge in [-0.2, -0.15) is 0 Å². The average molecular weight is 340 g/mol. The number of thioether (sulfide) groups is 1. The second-order valence-corrected chi connectivity index (χ2v) is 7.04. The molecule has 2 aliphatic rings. The smallest absolute Gasteiger partial charge is 0.269 e. The summed E-state index contributed by atoms with van der Waals surface area (Å²) in [7, 11) is 0. The van der Waals surface area contributed by atoms with Crippen LogP contribution in [0.5, 0.6) is 0 Å². The highest BCUT2D eigenvalue weighted by Gasteiger charge is 2.37. The maximum absolute atomic E-state index is 12.4. The predicted molar refractivity (Wildman–Crippen MR) is 98.8 cm³/mol. The predicted octanol–water partition coefficient (Wildman–Crippen LogP) is 4.64. The molecular weight excluding hydrogens is 320 g/mol. The van der Waals surface area contributed by atoms with Gasteiger partial charge in [0.05, 0.1) is 4.91 Å². The van der Waals surface area contributed by atoms with Gasteiger partial charge >= 0.3 is 0 Å². The van der Waals surface area contributed by atoms with E-state index in [9.17, 15) is 9.59 Å². The van der Waals surface area contributed by atoms with E-state index in [1.807, 2.05) is 32.1 Å². The lowest BCUT2D eigenvalue weighted by molar-refractivity contribution is -0.115. The SMILES string of the molecule is C/C=C\C/C=C(\C)c1ccc2c(c1)C1=C(OC(C)CS1)C(=O)C2=O. The van der Waals surface area contributed by atoms with E-state index in [0.717, 1.165) is 33.8 Å². The molecule has 0 fully saturated rings. The third kappa shape index (κ3) is 2.98. The Hall–Kier alpha value is -2.07. The summed E-state index contributed by atoms with van der Waals surface area (Å²) in [6.45, 7) is 5.97. The summed E-state index contributed by atoms with van der Waals surface area (Å²) in [5.74, 6) is 0.00855. The van der Waals surface area contributed by atoms with Crippen molar-refractivity contribution in [3.8, 4) is 0 Å². The molecular formula is C20H20O3S. The second kappa shape index (κ2) is 6.81. The number of hydrogen-bond acceptors (Lipinski definition) is 4. The minimum absolute atomic E-state index is 0.0577. The fourth-order valence-corrected chi connectivity index (χ4v) is 3.88. The Morgan fingerprint density at radius 3 is 2.83 bits per heavy atom. The molecule has 1 aliphatic heterocycles. The number of Topliss-reactive ketones (excluding diaryl/α,β-unsaturated/α-hetero) is 2. The Bertz CT molecular complexity index is 799. The maximum atomic E-state index is 12.4. The lowest BCUT2D eigenvalue weighted by Crippen LogP contribution is -2.30. The molecule has 0 spiro atoms. The lowest BCUT2D eigenvalue weighted by Gasteiger charge is -2.28. The highest BCUT2D eigenvalue weighted by atomic mass is 32.2. The van der Waals surface area contributed by atoms with Crippen molar-refractivity contribution in [1.29, 1.82) is 0 Å². The van der Waals surface area contributed by atoms with Crippen LogP contribution < -0.4 is 0 Å². The number of fused-ring (bicyclic) bond motifs is 2. The van der Waals surface area contributed by atoms with Crippen LogP contribution in [0.4, 0.5) is 0 Å². The molecule has 1 unspecified atom stereocenters. The third-order valence-corrected chi connectivity index (χ3v) is 5.49. The van der Waals surface area contributed by atoms with Crippen LogP contribution in [0.25, 0.3) is 10.5 Å². The molecule has 0 saturated carbocycles. The van der Waals surface area contributed by atoms with Crippen LogP contribution in [0.15, 0.2) is 42.2 Å². The molecule has 0 bridgehead atoms.